The van der Waals surface area contributed by atoms with Gasteiger partial charge in [0, 0.05) is 24.2 Å². The van der Waals surface area contributed by atoms with Crippen molar-refractivity contribution in [1.29, 1.82) is 0 Å². The van der Waals surface area contributed by atoms with Gasteiger partial charge in [0.15, 0.2) is 0 Å². The van der Waals surface area contributed by atoms with Crippen molar-refractivity contribution in [2.24, 2.45) is 0 Å². The molecule has 3 heteroatoms. The van der Waals surface area contributed by atoms with Crippen LogP contribution in [0, 0.1) is 6.92 Å². The van der Waals surface area contributed by atoms with E-state index in [1.54, 1.807) is 0 Å². The zero-order valence-corrected chi connectivity index (χ0v) is 16.2. The van der Waals surface area contributed by atoms with Crippen LogP contribution in [0.3, 0.4) is 0 Å². The number of benzene rings is 1. The molecule has 1 spiro atoms. The Balaban J connectivity index is 2.03. The Bertz CT molecular complexity index is 641. The molecule has 0 bridgehead atoms. The number of piperidine rings is 1. The maximum Gasteiger partial charge on any atom is 0.0606 e. The third-order valence-electron chi connectivity index (χ3n) is 5.08. The monoisotopic (exact) mass is 327 g/mol. The van der Waals surface area contributed by atoms with Gasteiger partial charge in [-0.15, -0.1) is 0 Å². The molecule has 2 aliphatic heterocycles. The summed E-state index contributed by atoms with van der Waals surface area (Å²) in [6.07, 6.45) is 2.23. The highest BCUT2D eigenvalue weighted by atomic mass is 15.2. The first-order valence-electron chi connectivity index (χ1n) is 9.07. The minimum Gasteiger partial charge on any atom is -0.376 e. The van der Waals surface area contributed by atoms with Crippen LogP contribution in [-0.4, -0.2) is 29.7 Å². The van der Waals surface area contributed by atoms with Crippen molar-refractivity contribution >= 4 is 11.4 Å². The van der Waals surface area contributed by atoms with E-state index in [0.717, 1.165) is 25.9 Å². The van der Waals surface area contributed by atoms with Crippen molar-refractivity contribution in [2.75, 3.05) is 23.3 Å². The van der Waals surface area contributed by atoms with Crippen LogP contribution in [0.15, 0.2) is 30.4 Å². The lowest BCUT2D eigenvalue weighted by molar-refractivity contribution is 0.118. The number of fused-ring (bicyclic) bond motifs is 1. The smallest absolute Gasteiger partial charge is 0.0606 e. The SMILES string of the molecule is C=C(C)CN1CC2(CC(C)(C)NC(C)(C)C2)Nc2cc(C)ccc21. The van der Waals surface area contributed by atoms with Crippen LogP contribution in [-0.2, 0) is 0 Å². The largest absolute Gasteiger partial charge is 0.376 e. The molecule has 24 heavy (non-hydrogen) atoms. The molecule has 2 heterocycles. The highest BCUT2D eigenvalue weighted by molar-refractivity contribution is 5.75. The van der Waals surface area contributed by atoms with Gasteiger partial charge in [0.1, 0.15) is 0 Å². The fourth-order valence-corrected chi connectivity index (χ4v) is 5.23. The Morgan fingerprint density at radius 1 is 1.17 bits per heavy atom. The number of hydrogen-bond donors (Lipinski definition) is 2. The van der Waals surface area contributed by atoms with E-state index in [1.807, 2.05) is 0 Å². The molecular weight excluding hydrogens is 294 g/mol. The van der Waals surface area contributed by atoms with Gasteiger partial charge in [0.05, 0.1) is 16.9 Å². The van der Waals surface area contributed by atoms with Crippen molar-refractivity contribution in [1.82, 2.24) is 5.32 Å². The molecule has 3 rings (SSSR count). The van der Waals surface area contributed by atoms with Gasteiger partial charge in [-0.05, 0) is 72.1 Å². The first-order chi connectivity index (χ1) is 11.0. The fraction of sp³-hybridized carbons (Fsp3) is 0.619. The summed E-state index contributed by atoms with van der Waals surface area (Å²) in [5.41, 5.74) is 5.43. The third-order valence-corrected chi connectivity index (χ3v) is 5.08. The normalized spacial score (nSPS) is 23.5. The van der Waals surface area contributed by atoms with Crippen LogP contribution < -0.4 is 15.5 Å². The van der Waals surface area contributed by atoms with Crippen molar-refractivity contribution < 1.29 is 0 Å². The van der Waals surface area contributed by atoms with E-state index in [-0.39, 0.29) is 16.6 Å². The predicted molar refractivity (Wildman–Crippen MR) is 105 cm³/mol. The maximum absolute atomic E-state index is 4.16. The van der Waals surface area contributed by atoms with Gasteiger partial charge in [-0.1, -0.05) is 18.2 Å². The number of anilines is 2. The van der Waals surface area contributed by atoms with Gasteiger partial charge in [0.2, 0.25) is 0 Å². The molecule has 1 fully saturated rings. The Morgan fingerprint density at radius 3 is 2.38 bits per heavy atom. The lowest BCUT2D eigenvalue weighted by atomic mass is 9.69. The molecule has 0 radical (unpaired) electrons. The summed E-state index contributed by atoms with van der Waals surface area (Å²) < 4.78 is 0. The van der Waals surface area contributed by atoms with Gasteiger partial charge >= 0.3 is 0 Å². The lowest BCUT2D eigenvalue weighted by Crippen LogP contribution is -2.69. The second kappa shape index (κ2) is 5.52. The first-order valence-corrected chi connectivity index (χ1v) is 9.07. The Labute approximate surface area is 147 Å². The van der Waals surface area contributed by atoms with Gasteiger partial charge < -0.3 is 15.5 Å². The summed E-state index contributed by atoms with van der Waals surface area (Å²) in [5.74, 6) is 0. The molecule has 0 unspecified atom stereocenters. The van der Waals surface area contributed by atoms with Gasteiger partial charge in [0.25, 0.3) is 0 Å². The van der Waals surface area contributed by atoms with Crippen molar-refractivity contribution in [3.8, 4) is 0 Å². The standard InChI is InChI=1S/C21H33N3/c1-15(2)11-24-14-21(12-19(4,5)23-20(6,7)13-21)22-17-10-16(3)8-9-18(17)24/h8-10,22-23H,1,11-14H2,2-7H3. The van der Waals surface area contributed by atoms with Gasteiger partial charge in [-0.25, -0.2) is 0 Å². The van der Waals surface area contributed by atoms with E-state index in [2.05, 4.69) is 81.9 Å². The first kappa shape index (κ1) is 17.3. The zero-order chi connectivity index (χ0) is 17.8. The topological polar surface area (TPSA) is 27.3 Å². The molecule has 1 aromatic rings. The van der Waals surface area contributed by atoms with Crippen LogP contribution >= 0.6 is 0 Å². The lowest BCUT2D eigenvalue weighted by Gasteiger charge is -2.57. The molecular formula is C21H33N3. The van der Waals surface area contributed by atoms with E-state index in [9.17, 15) is 0 Å². The summed E-state index contributed by atoms with van der Waals surface area (Å²) >= 11 is 0. The minimum atomic E-state index is 0.0918. The average molecular weight is 328 g/mol. The molecule has 0 atom stereocenters. The molecule has 132 valence electrons. The maximum atomic E-state index is 4.16. The van der Waals surface area contributed by atoms with Crippen molar-refractivity contribution in [3.63, 3.8) is 0 Å². The molecule has 3 nitrogen and oxygen atoms in total. The molecule has 1 aromatic carbocycles. The Kier molecular flexibility index (Phi) is 3.99. The number of hydrogen-bond acceptors (Lipinski definition) is 3. The molecule has 0 aromatic heterocycles. The van der Waals surface area contributed by atoms with E-state index in [4.69, 9.17) is 0 Å². The van der Waals surface area contributed by atoms with E-state index >= 15 is 0 Å². The van der Waals surface area contributed by atoms with Crippen LogP contribution in [0.2, 0.25) is 0 Å². The summed E-state index contributed by atoms with van der Waals surface area (Å²) in [7, 11) is 0. The second-order valence-electron chi connectivity index (χ2n) is 9.49. The highest BCUT2D eigenvalue weighted by Gasteiger charge is 2.49. The quantitative estimate of drug-likeness (QED) is 0.784. The summed E-state index contributed by atoms with van der Waals surface area (Å²) in [5, 5.41) is 7.77. The van der Waals surface area contributed by atoms with E-state index in [0.29, 0.717) is 0 Å². The second-order valence-corrected chi connectivity index (χ2v) is 9.49. The van der Waals surface area contributed by atoms with E-state index in [1.165, 1.54) is 22.5 Å². The van der Waals surface area contributed by atoms with Gasteiger partial charge in [-0.2, -0.15) is 0 Å². The number of aryl methyl sites for hydroxylation is 1. The van der Waals surface area contributed by atoms with Crippen molar-refractivity contribution in [3.05, 3.63) is 35.9 Å². The molecule has 2 aliphatic rings. The molecule has 0 aliphatic carbocycles. The number of rotatable bonds is 2. The van der Waals surface area contributed by atoms with Crippen LogP contribution in [0.4, 0.5) is 11.4 Å². The summed E-state index contributed by atoms with van der Waals surface area (Å²) in [6.45, 7) is 19.7. The average Bonchev–Trinajstić information content (AvgIpc) is 2.32. The molecule has 2 N–H and O–H groups in total. The third kappa shape index (κ3) is 3.46. The highest BCUT2D eigenvalue weighted by Crippen LogP contribution is 2.44. The molecule has 0 saturated carbocycles. The molecule has 0 amide bonds. The Morgan fingerprint density at radius 2 is 1.79 bits per heavy atom. The minimum absolute atomic E-state index is 0.0918. The fourth-order valence-electron chi connectivity index (χ4n) is 5.23. The summed E-state index contributed by atoms with van der Waals surface area (Å²) in [6, 6.07) is 6.76. The van der Waals surface area contributed by atoms with Crippen LogP contribution in [0.25, 0.3) is 0 Å². The van der Waals surface area contributed by atoms with Crippen LogP contribution in [0.1, 0.15) is 53.0 Å². The predicted octanol–water partition coefficient (Wildman–Crippen LogP) is 4.48. The van der Waals surface area contributed by atoms with E-state index < -0.39 is 0 Å². The molecule has 1 saturated heterocycles. The number of nitrogens with zero attached hydrogens (tertiary/aromatic N) is 1. The zero-order valence-electron chi connectivity index (χ0n) is 16.2. The summed E-state index contributed by atoms with van der Waals surface area (Å²) in [4.78, 5) is 2.52. The van der Waals surface area contributed by atoms with Crippen LogP contribution in [0.5, 0.6) is 0 Å². The van der Waals surface area contributed by atoms with Crippen molar-refractivity contribution in [2.45, 2.75) is 71.0 Å². The Hall–Kier alpha value is -1.48. The van der Waals surface area contributed by atoms with Gasteiger partial charge in [-0.3, -0.25) is 0 Å². The number of nitrogens with one attached hydrogen (secondary N) is 2.